The summed E-state index contributed by atoms with van der Waals surface area (Å²) in [5.41, 5.74) is 2.85. The van der Waals surface area contributed by atoms with Crippen LogP contribution < -0.4 is 0 Å². The maximum Gasteiger partial charge on any atom is 0.333 e. The zero-order valence-electron chi connectivity index (χ0n) is 21.0. The molecule has 1 unspecified atom stereocenters. The van der Waals surface area contributed by atoms with Gasteiger partial charge in [0.1, 0.15) is 13.2 Å². The second kappa shape index (κ2) is 14.8. The van der Waals surface area contributed by atoms with Gasteiger partial charge in [-0.3, -0.25) is 0 Å². The molecule has 1 aromatic rings. The molecule has 0 aliphatic heterocycles. The SMILES string of the molecule is C=C(C)C(=O)OCC(COC(=O)C(=C)CCO)c1ccc(C2CCC(CCCCC)CC2)cc1. The number of rotatable bonds is 14. The highest BCUT2D eigenvalue weighted by atomic mass is 16.5. The van der Waals surface area contributed by atoms with E-state index in [1.807, 2.05) is 0 Å². The van der Waals surface area contributed by atoms with Crippen LogP contribution in [0.15, 0.2) is 48.6 Å². The molecule has 0 aromatic heterocycles. The van der Waals surface area contributed by atoms with E-state index in [2.05, 4.69) is 44.3 Å². The van der Waals surface area contributed by atoms with Crippen molar-refractivity contribution in [2.75, 3.05) is 19.8 Å². The predicted octanol–water partition coefficient (Wildman–Crippen LogP) is 6.23. The Morgan fingerprint density at radius 2 is 1.62 bits per heavy atom. The van der Waals surface area contributed by atoms with Crippen LogP contribution in [0.4, 0.5) is 0 Å². The Hall–Kier alpha value is -2.40. The standard InChI is InChI=1S/C29H42O5/c1-5-6-7-8-23-9-11-24(12-10-23)25-13-15-26(16-14-25)27(19-33-28(31)21(2)3)20-34-29(32)22(4)17-18-30/h13-16,23-24,27,30H,2,4-12,17-20H2,1,3H3. The lowest BCUT2D eigenvalue weighted by atomic mass is 9.77. The van der Waals surface area contributed by atoms with Gasteiger partial charge >= 0.3 is 11.9 Å². The lowest BCUT2D eigenvalue weighted by molar-refractivity contribution is -0.142. The van der Waals surface area contributed by atoms with Crippen LogP contribution in [0.1, 0.15) is 94.6 Å². The highest BCUT2D eigenvalue weighted by Crippen LogP contribution is 2.38. The summed E-state index contributed by atoms with van der Waals surface area (Å²) in [6.45, 7) is 11.1. The van der Waals surface area contributed by atoms with E-state index in [1.165, 1.54) is 56.9 Å². The first-order valence-corrected chi connectivity index (χ1v) is 12.7. The number of aliphatic hydroxyl groups excluding tert-OH is 1. The van der Waals surface area contributed by atoms with E-state index in [4.69, 9.17) is 14.6 Å². The van der Waals surface area contributed by atoms with E-state index in [0.29, 0.717) is 11.5 Å². The Labute approximate surface area is 205 Å². The maximum absolute atomic E-state index is 12.1. The number of carbonyl (C=O) groups excluding carboxylic acids is 2. The number of carbonyl (C=O) groups is 2. The number of hydrogen-bond donors (Lipinski definition) is 1. The first-order valence-electron chi connectivity index (χ1n) is 12.7. The Bertz CT molecular complexity index is 802. The number of aliphatic hydroxyl groups is 1. The normalized spacial score (nSPS) is 18.7. The number of benzene rings is 1. The summed E-state index contributed by atoms with van der Waals surface area (Å²) in [5, 5.41) is 9.00. The summed E-state index contributed by atoms with van der Waals surface area (Å²) in [6, 6.07) is 8.44. The number of esters is 2. The lowest BCUT2D eigenvalue weighted by Gasteiger charge is -2.29. The number of ether oxygens (including phenoxy) is 2. The summed E-state index contributed by atoms with van der Waals surface area (Å²) < 4.78 is 10.8. The fourth-order valence-corrected chi connectivity index (χ4v) is 4.56. The van der Waals surface area contributed by atoms with Gasteiger partial charge in [-0.25, -0.2) is 9.59 Å². The van der Waals surface area contributed by atoms with Crippen molar-refractivity contribution in [3.05, 3.63) is 59.7 Å². The fourth-order valence-electron chi connectivity index (χ4n) is 4.56. The topological polar surface area (TPSA) is 72.8 Å². The van der Waals surface area contributed by atoms with Gasteiger partial charge in [0.2, 0.25) is 0 Å². The molecule has 1 aliphatic rings. The minimum Gasteiger partial charge on any atom is -0.462 e. The first kappa shape index (κ1) is 27.8. The van der Waals surface area contributed by atoms with E-state index in [-0.39, 0.29) is 37.7 Å². The highest BCUT2D eigenvalue weighted by Gasteiger charge is 2.23. The maximum atomic E-state index is 12.1. The quantitative estimate of drug-likeness (QED) is 0.198. The van der Waals surface area contributed by atoms with Crippen molar-refractivity contribution in [2.24, 2.45) is 5.92 Å². The van der Waals surface area contributed by atoms with Gasteiger partial charge < -0.3 is 14.6 Å². The van der Waals surface area contributed by atoms with Gasteiger partial charge in [-0.1, -0.05) is 70.0 Å². The van der Waals surface area contributed by atoms with E-state index in [9.17, 15) is 9.59 Å². The molecule has 0 spiro atoms. The van der Waals surface area contributed by atoms with E-state index >= 15 is 0 Å². The van der Waals surface area contributed by atoms with Gasteiger partial charge in [-0.15, -0.1) is 0 Å². The average molecular weight is 471 g/mol. The molecule has 2 rings (SSSR count). The Morgan fingerprint density at radius 3 is 2.18 bits per heavy atom. The largest absolute Gasteiger partial charge is 0.462 e. The van der Waals surface area contributed by atoms with Crippen molar-refractivity contribution in [3.8, 4) is 0 Å². The molecule has 0 radical (unpaired) electrons. The molecule has 0 amide bonds. The van der Waals surface area contributed by atoms with Gasteiger partial charge in [0.05, 0.1) is 5.92 Å². The third-order valence-electron chi connectivity index (χ3n) is 6.82. The van der Waals surface area contributed by atoms with Gasteiger partial charge in [0.15, 0.2) is 0 Å². The van der Waals surface area contributed by atoms with Gasteiger partial charge in [0, 0.05) is 24.2 Å². The highest BCUT2D eigenvalue weighted by molar-refractivity contribution is 5.88. The van der Waals surface area contributed by atoms with Crippen LogP contribution in [0.2, 0.25) is 0 Å². The second-order valence-electron chi connectivity index (χ2n) is 9.63. The van der Waals surface area contributed by atoms with Gasteiger partial charge in [0.25, 0.3) is 0 Å². The minimum absolute atomic E-state index is 0.0645. The molecule has 0 bridgehead atoms. The molecule has 5 heteroatoms. The molecule has 188 valence electrons. The van der Waals surface area contributed by atoms with Crippen molar-refractivity contribution in [2.45, 2.75) is 83.5 Å². The molecule has 1 atom stereocenters. The van der Waals surface area contributed by atoms with E-state index in [0.717, 1.165) is 11.5 Å². The zero-order chi connectivity index (χ0) is 24.9. The summed E-state index contributed by atoms with van der Waals surface area (Å²) in [5.74, 6) is 0.170. The average Bonchev–Trinajstić information content (AvgIpc) is 2.84. The van der Waals surface area contributed by atoms with Crippen LogP contribution in [0.5, 0.6) is 0 Å². The number of unbranched alkanes of at least 4 members (excludes halogenated alkanes) is 2. The van der Waals surface area contributed by atoms with Gasteiger partial charge in [-0.05, 0) is 55.6 Å². The summed E-state index contributed by atoms with van der Waals surface area (Å²) in [6.07, 6.45) is 10.6. The van der Waals surface area contributed by atoms with Crippen LogP contribution >= 0.6 is 0 Å². The van der Waals surface area contributed by atoms with Crippen molar-refractivity contribution in [1.29, 1.82) is 0 Å². The molecular weight excluding hydrogens is 428 g/mol. The van der Waals surface area contributed by atoms with E-state index < -0.39 is 11.9 Å². The molecule has 5 nitrogen and oxygen atoms in total. The third kappa shape index (κ3) is 9.09. The molecule has 1 aromatic carbocycles. The van der Waals surface area contributed by atoms with Crippen LogP contribution in [0.3, 0.4) is 0 Å². The molecular formula is C29H42O5. The Kier molecular flexibility index (Phi) is 12.1. The summed E-state index contributed by atoms with van der Waals surface area (Å²) in [4.78, 5) is 24.0. The van der Waals surface area contributed by atoms with Crippen molar-refractivity contribution >= 4 is 11.9 Å². The molecule has 1 saturated carbocycles. The van der Waals surface area contributed by atoms with Crippen molar-refractivity contribution < 1.29 is 24.2 Å². The third-order valence-corrected chi connectivity index (χ3v) is 6.82. The van der Waals surface area contributed by atoms with Crippen LogP contribution in [-0.4, -0.2) is 36.9 Å². The van der Waals surface area contributed by atoms with Gasteiger partial charge in [-0.2, -0.15) is 0 Å². The van der Waals surface area contributed by atoms with Crippen LogP contribution in [-0.2, 0) is 19.1 Å². The lowest BCUT2D eigenvalue weighted by Crippen LogP contribution is -2.20. The molecule has 0 saturated heterocycles. The fraction of sp³-hybridized carbons (Fsp3) is 0.586. The monoisotopic (exact) mass is 470 g/mol. The smallest absolute Gasteiger partial charge is 0.333 e. The second-order valence-corrected chi connectivity index (χ2v) is 9.63. The van der Waals surface area contributed by atoms with Crippen LogP contribution in [0.25, 0.3) is 0 Å². The molecule has 0 heterocycles. The van der Waals surface area contributed by atoms with Crippen molar-refractivity contribution in [3.63, 3.8) is 0 Å². The predicted molar refractivity (Wildman–Crippen MR) is 136 cm³/mol. The zero-order valence-corrected chi connectivity index (χ0v) is 21.0. The molecule has 1 N–H and O–H groups in total. The van der Waals surface area contributed by atoms with E-state index in [1.54, 1.807) is 6.92 Å². The summed E-state index contributed by atoms with van der Waals surface area (Å²) in [7, 11) is 0. The first-order chi connectivity index (χ1) is 16.3. The summed E-state index contributed by atoms with van der Waals surface area (Å²) >= 11 is 0. The molecule has 34 heavy (non-hydrogen) atoms. The number of hydrogen-bond acceptors (Lipinski definition) is 5. The molecule has 1 aliphatic carbocycles. The molecule has 1 fully saturated rings. The minimum atomic E-state index is -0.544. The Morgan fingerprint density at radius 1 is 1.00 bits per heavy atom. The van der Waals surface area contributed by atoms with Crippen LogP contribution in [0, 0.1) is 5.92 Å². The van der Waals surface area contributed by atoms with Crippen molar-refractivity contribution in [1.82, 2.24) is 0 Å². The Balaban J connectivity index is 1.99.